The Balaban J connectivity index is 1.83. The number of benzene rings is 1. The van der Waals surface area contributed by atoms with Crippen LogP contribution in [-0.4, -0.2) is 24.0 Å². The van der Waals surface area contributed by atoms with Crippen molar-refractivity contribution in [3.05, 3.63) is 40.9 Å². The minimum absolute atomic E-state index is 0.215. The average molecular weight is 322 g/mol. The lowest BCUT2D eigenvalue weighted by atomic mass is 10.2. The fourth-order valence-electron chi connectivity index (χ4n) is 2.42. The number of halogens is 1. The number of hydrogen-bond donors (Lipinski definition) is 1. The van der Waals surface area contributed by atoms with Gasteiger partial charge in [0.1, 0.15) is 0 Å². The molecule has 118 valence electrons. The lowest BCUT2D eigenvalue weighted by molar-refractivity contribution is -0.150. The zero-order valence-electron chi connectivity index (χ0n) is 12.5. The molecule has 1 aliphatic rings. The summed E-state index contributed by atoms with van der Waals surface area (Å²) >= 11 is 5.99. The molecule has 1 N–H and O–H groups in total. The largest absolute Gasteiger partial charge is 0.449 e. The Morgan fingerprint density at radius 1 is 1.32 bits per heavy atom. The van der Waals surface area contributed by atoms with Crippen LogP contribution in [0.2, 0.25) is 5.02 Å². The zero-order valence-corrected chi connectivity index (χ0v) is 13.3. The highest BCUT2D eigenvalue weighted by atomic mass is 35.5. The van der Waals surface area contributed by atoms with E-state index in [2.05, 4.69) is 5.32 Å². The van der Waals surface area contributed by atoms with Crippen molar-refractivity contribution in [3.8, 4) is 0 Å². The van der Waals surface area contributed by atoms with Crippen molar-refractivity contribution in [2.45, 2.75) is 44.8 Å². The average Bonchev–Trinajstić information content (AvgIpc) is 2.99. The highest BCUT2D eigenvalue weighted by molar-refractivity contribution is 6.32. The molecule has 0 radical (unpaired) electrons. The first kappa shape index (κ1) is 16.6. The van der Waals surface area contributed by atoms with Gasteiger partial charge in [-0.25, -0.2) is 4.79 Å². The number of esters is 1. The third-order valence-corrected chi connectivity index (χ3v) is 4.01. The molecule has 4 nitrogen and oxygen atoms in total. The fraction of sp³-hybridized carbons (Fsp3) is 0.412. The maximum atomic E-state index is 11.9. The smallest absolute Gasteiger partial charge is 0.331 e. The standard InChI is InChI=1S/C17H20ClNO3/c1-12(17(21)19-14-7-3-4-8-14)22-16(20)11-10-13-6-2-5-9-15(13)18/h2,5-6,9-12,14H,3-4,7-8H2,1H3,(H,19,21)/b11-10+/t12-/m0/s1. The minimum Gasteiger partial charge on any atom is -0.449 e. The first-order chi connectivity index (χ1) is 10.6. The number of nitrogens with one attached hydrogen (secondary N) is 1. The van der Waals surface area contributed by atoms with Gasteiger partial charge < -0.3 is 10.1 Å². The number of ether oxygens (including phenoxy) is 1. The van der Waals surface area contributed by atoms with Crippen LogP contribution in [0.15, 0.2) is 30.3 Å². The van der Waals surface area contributed by atoms with Gasteiger partial charge in [0.05, 0.1) is 0 Å². The highest BCUT2D eigenvalue weighted by Gasteiger charge is 2.22. The molecule has 1 atom stereocenters. The van der Waals surface area contributed by atoms with Gasteiger partial charge in [-0.05, 0) is 37.5 Å². The molecule has 0 saturated heterocycles. The van der Waals surface area contributed by atoms with Crippen molar-refractivity contribution in [2.24, 2.45) is 0 Å². The third kappa shape index (κ3) is 4.88. The van der Waals surface area contributed by atoms with Crippen molar-refractivity contribution in [1.29, 1.82) is 0 Å². The Kier molecular flexibility index (Phi) is 6.01. The maximum absolute atomic E-state index is 11.9. The second-order valence-corrected chi connectivity index (χ2v) is 5.83. The molecule has 1 aromatic carbocycles. The lowest BCUT2D eigenvalue weighted by Crippen LogP contribution is -2.40. The zero-order chi connectivity index (χ0) is 15.9. The predicted molar refractivity (Wildman–Crippen MR) is 86.4 cm³/mol. The normalized spacial score (nSPS) is 16.6. The van der Waals surface area contributed by atoms with Gasteiger partial charge in [-0.3, -0.25) is 4.79 Å². The van der Waals surface area contributed by atoms with Crippen LogP contribution in [0.4, 0.5) is 0 Å². The monoisotopic (exact) mass is 321 g/mol. The van der Waals surface area contributed by atoms with E-state index in [-0.39, 0.29) is 11.9 Å². The van der Waals surface area contributed by atoms with Gasteiger partial charge >= 0.3 is 5.97 Å². The van der Waals surface area contributed by atoms with E-state index in [4.69, 9.17) is 16.3 Å². The summed E-state index contributed by atoms with van der Waals surface area (Å²) in [7, 11) is 0. The summed E-state index contributed by atoms with van der Waals surface area (Å²) in [4.78, 5) is 23.7. The Morgan fingerprint density at radius 2 is 2.00 bits per heavy atom. The van der Waals surface area contributed by atoms with E-state index in [0.29, 0.717) is 5.02 Å². The van der Waals surface area contributed by atoms with Gasteiger partial charge in [-0.2, -0.15) is 0 Å². The van der Waals surface area contributed by atoms with E-state index in [1.807, 2.05) is 12.1 Å². The van der Waals surface area contributed by atoms with Gasteiger partial charge in [0.15, 0.2) is 6.10 Å². The van der Waals surface area contributed by atoms with Crippen molar-refractivity contribution in [1.82, 2.24) is 5.32 Å². The van der Waals surface area contributed by atoms with Crippen LogP contribution in [0.1, 0.15) is 38.2 Å². The van der Waals surface area contributed by atoms with E-state index in [9.17, 15) is 9.59 Å². The molecular formula is C17H20ClNO3. The number of carbonyl (C=O) groups is 2. The van der Waals surface area contributed by atoms with Crippen LogP contribution in [0.5, 0.6) is 0 Å². The van der Waals surface area contributed by atoms with Crippen LogP contribution in [0, 0.1) is 0 Å². The molecule has 0 aromatic heterocycles. The molecule has 22 heavy (non-hydrogen) atoms. The molecule has 0 aliphatic heterocycles. The van der Waals surface area contributed by atoms with E-state index < -0.39 is 12.1 Å². The fourth-order valence-corrected chi connectivity index (χ4v) is 2.62. The molecule has 1 saturated carbocycles. The Labute approximate surface area is 135 Å². The summed E-state index contributed by atoms with van der Waals surface area (Å²) in [5.74, 6) is -0.805. The maximum Gasteiger partial charge on any atom is 0.331 e. The van der Waals surface area contributed by atoms with Crippen LogP contribution in [0.25, 0.3) is 6.08 Å². The highest BCUT2D eigenvalue weighted by Crippen LogP contribution is 2.18. The summed E-state index contributed by atoms with van der Waals surface area (Å²) < 4.78 is 5.10. The second kappa shape index (κ2) is 7.99. The summed E-state index contributed by atoms with van der Waals surface area (Å²) in [6, 6.07) is 7.39. The Hall–Kier alpha value is -1.81. The number of hydrogen-bond acceptors (Lipinski definition) is 3. The quantitative estimate of drug-likeness (QED) is 0.668. The van der Waals surface area contributed by atoms with Crippen LogP contribution in [0.3, 0.4) is 0 Å². The number of carbonyl (C=O) groups excluding carboxylic acids is 2. The number of rotatable bonds is 5. The van der Waals surface area contributed by atoms with Crippen LogP contribution >= 0.6 is 11.6 Å². The molecular weight excluding hydrogens is 302 g/mol. The first-order valence-corrected chi connectivity index (χ1v) is 7.87. The van der Waals surface area contributed by atoms with Crippen molar-refractivity contribution < 1.29 is 14.3 Å². The predicted octanol–water partition coefficient (Wildman–Crippen LogP) is 3.34. The van der Waals surface area contributed by atoms with Crippen molar-refractivity contribution in [2.75, 3.05) is 0 Å². The lowest BCUT2D eigenvalue weighted by Gasteiger charge is -2.16. The summed E-state index contributed by atoms with van der Waals surface area (Å²) in [6.45, 7) is 1.57. The topological polar surface area (TPSA) is 55.4 Å². The molecule has 2 rings (SSSR count). The van der Waals surface area contributed by atoms with Crippen molar-refractivity contribution in [3.63, 3.8) is 0 Å². The summed E-state index contributed by atoms with van der Waals surface area (Å²) in [5, 5.41) is 3.46. The van der Waals surface area contributed by atoms with Crippen LogP contribution < -0.4 is 5.32 Å². The Bertz CT molecular complexity index is 565. The van der Waals surface area contributed by atoms with E-state index >= 15 is 0 Å². The molecule has 0 bridgehead atoms. The second-order valence-electron chi connectivity index (χ2n) is 5.42. The molecule has 1 amide bonds. The van der Waals surface area contributed by atoms with E-state index in [1.54, 1.807) is 25.1 Å². The first-order valence-electron chi connectivity index (χ1n) is 7.50. The van der Waals surface area contributed by atoms with Gasteiger partial charge in [0.2, 0.25) is 0 Å². The summed E-state index contributed by atoms with van der Waals surface area (Å²) in [6.07, 6.45) is 6.33. The molecule has 5 heteroatoms. The van der Waals surface area contributed by atoms with Gasteiger partial charge in [-0.15, -0.1) is 0 Å². The molecule has 0 spiro atoms. The van der Waals surface area contributed by atoms with Gasteiger partial charge in [0.25, 0.3) is 5.91 Å². The molecule has 0 unspecified atom stereocenters. The molecule has 1 aromatic rings. The SMILES string of the molecule is C[C@H](OC(=O)/C=C/c1ccccc1Cl)C(=O)NC1CCCC1. The molecule has 0 heterocycles. The molecule has 1 fully saturated rings. The van der Waals surface area contributed by atoms with Crippen molar-refractivity contribution >= 4 is 29.6 Å². The van der Waals surface area contributed by atoms with Crippen LogP contribution in [-0.2, 0) is 14.3 Å². The molecule has 1 aliphatic carbocycles. The Morgan fingerprint density at radius 3 is 2.68 bits per heavy atom. The third-order valence-electron chi connectivity index (χ3n) is 3.67. The van der Waals surface area contributed by atoms with E-state index in [1.165, 1.54) is 6.08 Å². The van der Waals surface area contributed by atoms with Gasteiger partial charge in [-0.1, -0.05) is 42.6 Å². The summed E-state index contributed by atoms with van der Waals surface area (Å²) in [5.41, 5.74) is 0.726. The number of amides is 1. The van der Waals surface area contributed by atoms with Gasteiger partial charge in [0, 0.05) is 17.1 Å². The minimum atomic E-state index is -0.802. The van der Waals surface area contributed by atoms with E-state index in [0.717, 1.165) is 31.2 Å².